The fraction of sp³-hybridized carbons (Fsp3) is 0.797. The van der Waals surface area contributed by atoms with Gasteiger partial charge in [0.2, 0.25) is 0 Å². The molecule has 14 atom stereocenters. The van der Waals surface area contributed by atoms with Crippen LogP contribution in [0.4, 0.5) is 0 Å². The zero-order chi connectivity index (χ0) is 63.0. The number of aliphatic hydroxyl groups is 2. The van der Waals surface area contributed by atoms with Crippen molar-refractivity contribution in [3.63, 3.8) is 0 Å². The number of methoxy groups -OCH3 is 4. The van der Waals surface area contributed by atoms with E-state index in [1.165, 1.54) is 101 Å². The summed E-state index contributed by atoms with van der Waals surface area (Å²) in [4.78, 5) is 10.1. The van der Waals surface area contributed by atoms with Crippen molar-refractivity contribution in [3.8, 4) is 0 Å². The molecular formula is C74H130O13. The zero-order valence-electron chi connectivity index (χ0n) is 56.2. The monoisotopic (exact) mass is 1230 g/mol. The lowest BCUT2D eigenvalue weighted by molar-refractivity contribution is -0.137. The number of esters is 1. The van der Waals surface area contributed by atoms with E-state index in [0.717, 1.165) is 66.6 Å². The zero-order valence-corrected chi connectivity index (χ0v) is 56.2. The molecule has 13 heteroatoms. The number of ether oxygens (including phenoxy) is 10. The number of aliphatic hydroxyl groups excluding tert-OH is 2. The highest BCUT2D eigenvalue weighted by Gasteiger charge is 2.52. The SMILES string of the molecule is C.C.C=C1/C(=C\C=C2/CCC[C@]3(C)[C@@H]([C@H](C)CCCC(C)(C)OCOC)CC[C@@H]23)C[C@@H](C)[C@@H](O)[C@@H]1OCOC.C=C1/C(=C\C=C2/CCC[C@]3(C)[C@@H]([C@H](C)CCCC(C)(C)OCOC)CC[C@@H]23)C[C@@H](C)[C@@H](OCCCO)[C@@H]1OCOC.C=CC(=O)OCC. The summed E-state index contributed by atoms with van der Waals surface area (Å²) < 4.78 is 54.8. The summed E-state index contributed by atoms with van der Waals surface area (Å²) in [7, 11) is 6.62. The van der Waals surface area contributed by atoms with Gasteiger partial charge in [0.25, 0.3) is 0 Å². The van der Waals surface area contributed by atoms with Crippen molar-refractivity contribution < 1.29 is 62.4 Å². The average molecular weight is 1230 g/mol. The maximum Gasteiger partial charge on any atom is 0.330 e. The molecule has 6 fully saturated rings. The van der Waals surface area contributed by atoms with Gasteiger partial charge in [0.05, 0.1) is 30.0 Å². The van der Waals surface area contributed by atoms with Crippen molar-refractivity contribution in [2.45, 2.75) is 249 Å². The maximum absolute atomic E-state index is 10.7. The lowest BCUT2D eigenvalue weighted by Crippen LogP contribution is -2.43. The van der Waals surface area contributed by atoms with E-state index in [1.807, 2.05) is 0 Å². The quantitative estimate of drug-likeness (QED) is 0.0304. The predicted molar refractivity (Wildman–Crippen MR) is 356 cm³/mol. The van der Waals surface area contributed by atoms with Crippen LogP contribution < -0.4 is 0 Å². The molecule has 6 rings (SSSR count). The Hall–Kier alpha value is -2.79. The van der Waals surface area contributed by atoms with Gasteiger partial charge in [-0.05, 0) is 211 Å². The van der Waals surface area contributed by atoms with Gasteiger partial charge in [-0.25, -0.2) is 4.79 Å². The molecule has 0 amide bonds. The highest BCUT2D eigenvalue weighted by molar-refractivity contribution is 5.81. The van der Waals surface area contributed by atoms with Crippen LogP contribution in [0.1, 0.15) is 213 Å². The van der Waals surface area contributed by atoms with Gasteiger partial charge in [-0.2, -0.15) is 0 Å². The minimum Gasteiger partial charge on any atom is -0.463 e. The Morgan fingerprint density at radius 2 is 1.09 bits per heavy atom. The summed E-state index contributed by atoms with van der Waals surface area (Å²) >= 11 is 0. The first-order valence-electron chi connectivity index (χ1n) is 32.8. The Labute approximate surface area is 531 Å². The molecule has 0 unspecified atom stereocenters. The molecule has 6 saturated carbocycles. The van der Waals surface area contributed by atoms with Crippen molar-refractivity contribution in [2.24, 2.45) is 58.2 Å². The first kappa shape index (κ1) is 80.3. The van der Waals surface area contributed by atoms with Crippen molar-refractivity contribution in [2.75, 3.05) is 75.4 Å². The minimum absolute atomic E-state index is 0. The van der Waals surface area contributed by atoms with Crippen LogP contribution in [0.25, 0.3) is 0 Å². The second kappa shape index (κ2) is 39.6. The molecule has 0 bridgehead atoms. The van der Waals surface area contributed by atoms with Gasteiger partial charge in [-0.1, -0.05) is 137 Å². The van der Waals surface area contributed by atoms with Crippen LogP contribution in [0.15, 0.2) is 83.6 Å². The number of allylic oxidation sites excluding steroid dienone is 6. The van der Waals surface area contributed by atoms with E-state index in [9.17, 15) is 15.0 Å². The summed E-state index contributed by atoms with van der Waals surface area (Å²) in [5, 5.41) is 19.9. The van der Waals surface area contributed by atoms with Crippen LogP contribution in [0, 0.1) is 58.2 Å². The standard InChI is InChI=1S/C35H60O6.C32H54O5.C5H8O2.2CH4/c1-25(12-9-18-34(4,5)41-24-38-8)30-16-17-31-28(13-10-19-35(30,31)6)14-15-29-22-26(2)32(39-21-11-20-36)33(27(29)3)40-23-37-7;1-22(11-9-17-31(4,5)37-21-35-8)27-15-16-28-25(12-10-18-32(27,28)6)13-14-26-19-23(2)29(33)30(24(26)3)36-20-34-7;1-3-5(6)7-4-2;;/h14-15,25-26,30-33,36H,3,9-13,16-24H2,1-2,4-8H3;13-14,22-23,27-30,33H,3,9-12,15-21H2,1-2,4-8H3;3H,1,4H2,2H3;2*1H4/b28-14+,29-15-;25-13+,26-14-;;;/t25-,26-,30-,31+,32-,33-,35-;22-,23-,27-,28+,29-,30-,32-;;;/m11.../s1. The maximum atomic E-state index is 10.7. The summed E-state index contributed by atoms with van der Waals surface area (Å²) in [5.74, 6) is 4.43. The second-order valence-corrected chi connectivity index (χ2v) is 27.7. The number of hydrogen-bond donors (Lipinski definition) is 2. The summed E-state index contributed by atoms with van der Waals surface area (Å²) in [5.41, 5.74) is 8.13. The third kappa shape index (κ3) is 23.4. The van der Waals surface area contributed by atoms with Gasteiger partial charge >= 0.3 is 5.97 Å². The van der Waals surface area contributed by atoms with Gasteiger partial charge in [-0.3, -0.25) is 0 Å². The van der Waals surface area contributed by atoms with Crippen LogP contribution in [-0.2, 0) is 52.2 Å². The number of fused-ring (bicyclic) bond motifs is 2. The first-order valence-corrected chi connectivity index (χ1v) is 32.8. The van der Waals surface area contributed by atoms with Crippen LogP contribution in [0.3, 0.4) is 0 Å². The molecule has 0 aliphatic heterocycles. The Bertz CT molecular complexity index is 2160. The van der Waals surface area contributed by atoms with Crippen molar-refractivity contribution in [1.82, 2.24) is 0 Å². The number of carbonyl (C=O) groups excluding carboxylic acids is 1. The summed E-state index contributed by atoms with van der Waals surface area (Å²) in [6.45, 7) is 39.0. The van der Waals surface area contributed by atoms with E-state index in [2.05, 4.69) is 118 Å². The van der Waals surface area contributed by atoms with Crippen LogP contribution in [-0.4, -0.2) is 127 Å². The Kier molecular flexibility index (Phi) is 36.5. The first-order chi connectivity index (χ1) is 40.4. The Morgan fingerprint density at radius 1 is 0.655 bits per heavy atom. The van der Waals surface area contributed by atoms with E-state index in [4.69, 9.17) is 42.6 Å². The molecule has 0 radical (unpaired) electrons. The molecule has 0 aromatic rings. The fourth-order valence-electron chi connectivity index (χ4n) is 15.9. The lowest BCUT2D eigenvalue weighted by atomic mass is 9.60. The molecule has 6 aliphatic rings. The van der Waals surface area contributed by atoms with Gasteiger partial charge in [0, 0.05) is 47.7 Å². The van der Waals surface area contributed by atoms with E-state index >= 15 is 0 Å². The topological polar surface area (TPSA) is 150 Å². The Balaban J connectivity index is 0.000000525. The smallest absolute Gasteiger partial charge is 0.330 e. The summed E-state index contributed by atoms with van der Waals surface area (Å²) in [6.07, 6.45) is 31.7. The molecule has 2 N–H and O–H groups in total. The predicted octanol–water partition coefficient (Wildman–Crippen LogP) is 16.8. The van der Waals surface area contributed by atoms with Crippen molar-refractivity contribution in [1.29, 1.82) is 0 Å². The largest absolute Gasteiger partial charge is 0.463 e. The van der Waals surface area contributed by atoms with Gasteiger partial charge in [0.1, 0.15) is 39.4 Å². The van der Waals surface area contributed by atoms with Crippen LogP contribution >= 0.6 is 0 Å². The second-order valence-electron chi connectivity index (χ2n) is 27.7. The molecule has 0 heterocycles. The highest BCUT2D eigenvalue weighted by atomic mass is 16.7. The number of hydrogen-bond acceptors (Lipinski definition) is 13. The van der Waals surface area contributed by atoms with Crippen molar-refractivity contribution in [3.05, 3.63) is 83.6 Å². The fourth-order valence-corrected chi connectivity index (χ4v) is 15.9. The Morgan fingerprint density at radius 3 is 1.51 bits per heavy atom. The molecule has 504 valence electrons. The molecule has 0 saturated heterocycles. The number of carbonyl (C=O) groups is 1. The highest BCUT2D eigenvalue weighted by Crippen LogP contribution is 2.61. The molecule has 0 spiro atoms. The molecule has 0 aromatic heterocycles. The molecule has 0 aromatic carbocycles. The average Bonchev–Trinajstić information content (AvgIpc) is 2.04. The van der Waals surface area contributed by atoms with Gasteiger partial charge in [0.15, 0.2) is 0 Å². The van der Waals surface area contributed by atoms with Crippen LogP contribution in [0.5, 0.6) is 0 Å². The summed E-state index contributed by atoms with van der Waals surface area (Å²) in [6, 6.07) is 0. The molecule has 6 aliphatic carbocycles. The van der Waals surface area contributed by atoms with E-state index in [-0.39, 0.29) is 70.3 Å². The van der Waals surface area contributed by atoms with Gasteiger partial charge in [-0.15, -0.1) is 0 Å². The molecular weight excluding hydrogens is 1100 g/mol. The number of rotatable bonds is 30. The molecule has 87 heavy (non-hydrogen) atoms. The van der Waals surface area contributed by atoms with Crippen molar-refractivity contribution >= 4 is 5.97 Å². The van der Waals surface area contributed by atoms with E-state index in [1.54, 1.807) is 46.5 Å². The lowest BCUT2D eigenvalue weighted by Gasteiger charge is -2.44. The van der Waals surface area contributed by atoms with E-state index < -0.39 is 12.2 Å². The minimum atomic E-state index is -0.542. The third-order valence-corrected chi connectivity index (χ3v) is 20.6. The molecule has 13 nitrogen and oxygen atoms in total. The third-order valence-electron chi connectivity index (χ3n) is 20.6. The van der Waals surface area contributed by atoms with Gasteiger partial charge < -0.3 is 57.6 Å². The normalized spacial score (nSPS) is 31.6. The van der Waals surface area contributed by atoms with Crippen LogP contribution in [0.2, 0.25) is 0 Å². The van der Waals surface area contributed by atoms with E-state index in [0.29, 0.717) is 61.8 Å².